The first-order valence-electron chi connectivity index (χ1n) is 5.72. The summed E-state index contributed by atoms with van der Waals surface area (Å²) in [5, 5.41) is 0. The van der Waals surface area contributed by atoms with Crippen molar-refractivity contribution in [3.63, 3.8) is 0 Å². The van der Waals surface area contributed by atoms with Crippen LogP contribution in [0.4, 0.5) is 5.69 Å². The van der Waals surface area contributed by atoms with Crippen molar-refractivity contribution in [1.82, 2.24) is 0 Å². The Kier molecular flexibility index (Phi) is 3.37. The number of furan rings is 1. The summed E-state index contributed by atoms with van der Waals surface area (Å²) in [6, 6.07) is 8.43. The minimum absolute atomic E-state index is 0.177. The summed E-state index contributed by atoms with van der Waals surface area (Å²) in [4.78, 5) is 12.1. The van der Waals surface area contributed by atoms with Gasteiger partial charge in [-0.1, -0.05) is 6.92 Å². The molecular weight excluding hydrogens is 230 g/mol. The van der Waals surface area contributed by atoms with Crippen LogP contribution < -0.4 is 10.5 Å². The van der Waals surface area contributed by atoms with E-state index >= 15 is 0 Å². The van der Waals surface area contributed by atoms with Gasteiger partial charge in [0.2, 0.25) is 5.78 Å². The van der Waals surface area contributed by atoms with E-state index in [9.17, 15) is 4.79 Å². The number of nitrogens with two attached hydrogens (primary N) is 1. The molecule has 0 aliphatic carbocycles. The lowest BCUT2D eigenvalue weighted by molar-refractivity contribution is 0.101. The van der Waals surface area contributed by atoms with Gasteiger partial charge in [-0.2, -0.15) is 0 Å². The summed E-state index contributed by atoms with van der Waals surface area (Å²) in [6.45, 7) is 1.97. The van der Waals surface area contributed by atoms with Crippen LogP contribution in [0.2, 0.25) is 0 Å². The number of hydrogen-bond acceptors (Lipinski definition) is 4. The number of carbonyl (C=O) groups is 1. The summed E-state index contributed by atoms with van der Waals surface area (Å²) in [7, 11) is 1.53. The molecule has 0 aliphatic rings. The number of ether oxygens (including phenoxy) is 1. The average Bonchev–Trinajstić information content (AvgIpc) is 2.86. The van der Waals surface area contributed by atoms with Gasteiger partial charge in [-0.05, 0) is 30.3 Å². The van der Waals surface area contributed by atoms with Gasteiger partial charge in [0.05, 0.1) is 12.8 Å². The van der Waals surface area contributed by atoms with E-state index < -0.39 is 0 Å². The van der Waals surface area contributed by atoms with Crippen LogP contribution in [-0.2, 0) is 6.42 Å². The molecule has 94 valence electrons. The predicted octanol–water partition coefficient (Wildman–Crippen LogP) is 2.66. The number of ketones is 1. The van der Waals surface area contributed by atoms with Crippen molar-refractivity contribution in [3.05, 3.63) is 47.4 Å². The molecule has 2 N–H and O–H groups in total. The van der Waals surface area contributed by atoms with Gasteiger partial charge in [-0.3, -0.25) is 4.79 Å². The second-order valence-corrected chi connectivity index (χ2v) is 3.91. The zero-order valence-electron chi connectivity index (χ0n) is 10.4. The Morgan fingerprint density at radius 2 is 2.11 bits per heavy atom. The monoisotopic (exact) mass is 245 g/mol. The van der Waals surface area contributed by atoms with E-state index in [0.717, 1.165) is 12.2 Å². The van der Waals surface area contributed by atoms with Crippen LogP contribution in [-0.4, -0.2) is 12.9 Å². The molecule has 0 radical (unpaired) electrons. The molecule has 2 rings (SSSR count). The Hall–Kier alpha value is -2.23. The highest BCUT2D eigenvalue weighted by Gasteiger charge is 2.14. The molecular formula is C14H15NO3. The van der Waals surface area contributed by atoms with Crippen LogP contribution in [0.25, 0.3) is 0 Å². The summed E-state index contributed by atoms with van der Waals surface area (Å²) in [6.07, 6.45) is 0.762. The summed E-state index contributed by atoms with van der Waals surface area (Å²) in [5.41, 5.74) is 6.70. The maximum absolute atomic E-state index is 12.1. The first kappa shape index (κ1) is 12.2. The number of anilines is 1. The molecule has 1 heterocycles. The molecule has 0 saturated heterocycles. The van der Waals surface area contributed by atoms with Gasteiger partial charge in [0, 0.05) is 12.0 Å². The topological polar surface area (TPSA) is 65.5 Å². The fourth-order valence-corrected chi connectivity index (χ4v) is 1.71. The third kappa shape index (κ3) is 2.22. The van der Waals surface area contributed by atoms with Crippen LogP contribution in [0.3, 0.4) is 0 Å². The molecule has 0 spiro atoms. The van der Waals surface area contributed by atoms with Crippen molar-refractivity contribution < 1.29 is 13.9 Å². The number of rotatable bonds is 4. The zero-order chi connectivity index (χ0) is 13.1. The number of hydrogen-bond donors (Lipinski definition) is 1. The van der Waals surface area contributed by atoms with E-state index in [-0.39, 0.29) is 5.78 Å². The molecule has 0 saturated carbocycles. The van der Waals surface area contributed by atoms with E-state index in [1.807, 2.05) is 6.92 Å². The standard InChI is InChI=1S/C14H15NO3/c1-3-10-5-7-13(18-10)14(16)9-4-6-12(17-2)11(15)8-9/h4-8H,3,15H2,1-2H3. The Bertz CT molecular complexity index is 572. The predicted molar refractivity (Wildman–Crippen MR) is 68.9 cm³/mol. The van der Waals surface area contributed by atoms with Crippen molar-refractivity contribution in [2.24, 2.45) is 0 Å². The van der Waals surface area contributed by atoms with E-state index in [1.54, 1.807) is 30.3 Å². The van der Waals surface area contributed by atoms with Crippen LogP contribution in [0, 0.1) is 0 Å². The molecule has 0 bridgehead atoms. The number of nitrogen functional groups attached to an aromatic ring is 1. The first-order chi connectivity index (χ1) is 8.65. The minimum atomic E-state index is -0.177. The first-order valence-corrected chi connectivity index (χ1v) is 5.72. The summed E-state index contributed by atoms with van der Waals surface area (Å²) < 4.78 is 10.5. The number of methoxy groups -OCH3 is 1. The highest BCUT2D eigenvalue weighted by atomic mass is 16.5. The highest BCUT2D eigenvalue weighted by Crippen LogP contribution is 2.23. The fourth-order valence-electron chi connectivity index (χ4n) is 1.71. The lowest BCUT2D eigenvalue weighted by atomic mass is 10.1. The van der Waals surface area contributed by atoms with Crippen molar-refractivity contribution in [1.29, 1.82) is 0 Å². The van der Waals surface area contributed by atoms with Gasteiger partial charge in [0.1, 0.15) is 11.5 Å². The van der Waals surface area contributed by atoms with Crippen LogP contribution in [0.1, 0.15) is 28.8 Å². The number of carbonyl (C=O) groups excluding carboxylic acids is 1. The minimum Gasteiger partial charge on any atom is -0.495 e. The number of aryl methyl sites for hydroxylation is 1. The highest BCUT2D eigenvalue weighted by molar-refractivity contribution is 6.07. The Balaban J connectivity index is 2.31. The molecule has 1 aromatic carbocycles. The molecule has 0 aliphatic heterocycles. The van der Waals surface area contributed by atoms with E-state index in [2.05, 4.69) is 0 Å². The second kappa shape index (κ2) is 4.96. The van der Waals surface area contributed by atoms with Gasteiger partial charge in [0.15, 0.2) is 5.76 Å². The maximum atomic E-state index is 12.1. The van der Waals surface area contributed by atoms with Crippen LogP contribution in [0.5, 0.6) is 5.75 Å². The third-order valence-electron chi connectivity index (χ3n) is 2.73. The molecule has 0 amide bonds. The second-order valence-electron chi connectivity index (χ2n) is 3.91. The van der Waals surface area contributed by atoms with Gasteiger partial charge in [-0.25, -0.2) is 0 Å². The zero-order valence-corrected chi connectivity index (χ0v) is 10.4. The maximum Gasteiger partial charge on any atom is 0.228 e. The third-order valence-corrected chi connectivity index (χ3v) is 2.73. The van der Waals surface area contributed by atoms with Gasteiger partial charge in [-0.15, -0.1) is 0 Å². The van der Waals surface area contributed by atoms with Crippen LogP contribution >= 0.6 is 0 Å². The van der Waals surface area contributed by atoms with Gasteiger partial charge >= 0.3 is 0 Å². The van der Waals surface area contributed by atoms with E-state index in [4.69, 9.17) is 14.9 Å². The van der Waals surface area contributed by atoms with Crippen LogP contribution in [0.15, 0.2) is 34.7 Å². The van der Waals surface area contributed by atoms with E-state index in [0.29, 0.717) is 22.8 Å². The molecule has 0 fully saturated rings. The summed E-state index contributed by atoms with van der Waals surface area (Å²) >= 11 is 0. The average molecular weight is 245 g/mol. The van der Waals surface area contributed by atoms with Gasteiger partial charge in [0.25, 0.3) is 0 Å². The largest absolute Gasteiger partial charge is 0.495 e. The molecule has 18 heavy (non-hydrogen) atoms. The Labute approximate surface area is 105 Å². The fraction of sp³-hybridized carbons (Fsp3) is 0.214. The molecule has 2 aromatic rings. The van der Waals surface area contributed by atoms with Crippen molar-refractivity contribution >= 4 is 11.5 Å². The SMILES string of the molecule is CCc1ccc(C(=O)c2ccc(OC)c(N)c2)o1. The van der Waals surface area contributed by atoms with Crippen molar-refractivity contribution in [2.45, 2.75) is 13.3 Å². The molecule has 4 heteroatoms. The smallest absolute Gasteiger partial charge is 0.228 e. The lowest BCUT2D eigenvalue weighted by Gasteiger charge is -2.05. The normalized spacial score (nSPS) is 10.3. The molecule has 4 nitrogen and oxygen atoms in total. The summed E-state index contributed by atoms with van der Waals surface area (Å²) in [5.74, 6) is 1.50. The molecule has 0 unspecified atom stereocenters. The Morgan fingerprint density at radius 1 is 1.33 bits per heavy atom. The quantitative estimate of drug-likeness (QED) is 0.664. The Morgan fingerprint density at radius 3 is 2.67 bits per heavy atom. The van der Waals surface area contributed by atoms with Gasteiger partial charge < -0.3 is 14.9 Å². The van der Waals surface area contributed by atoms with E-state index in [1.165, 1.54) is 7.11 Å². The molecule has 0 atom stereocenters. The lowest BCUT2D eigenvalue weighted by Crippen LogP contribution is -2.02. The van der Waals surface area contributed by atoms with Crippen molar-refractivity contribution in [2.75, 3.05) is 12.8 Å². The van der Waals surface area contributed by atoms with Crippen molar-refractivity contribution in [3.8, 4) is 5.75 Å². The molecule has 1 aromatic heterocycles. The number of benzene rings is 1.